The molecule has 0 bridgehead atoms. The quantitative estimate of drug-likeness (QED) is 0.525. The zero-order valence-corrected chi connectivity index (χ0v) is 12.7. The van der Waals surface area contributed by atoms with Crippen molar-refractivity contribution in [2.45, 2.75) is 13.5 Å². The van der Waals surface area contributed by atoms with Gasteiger partial charge in [0.2, 0.25) is 3.79 Å². The third-order valence-electron chi connectivity index (χ3n) is 0.342. The lowest BCUT2D eigenvalue weighted by molar-refractivity contribution is 1.28. The van der Waals surface area contributed by atoms with Crippen LogP contribution in [0.1, 0.15) is 0 Å². The summed E-state index contributed by atoms with van der Waals surface area (Å²) in [5.74, 6) is 0.0394. The van der Waals surface area contributed by atoms with Crippen molar-refractivity contribution in [3.63, 3.8) is 0 Å². The molecule has 0 aliphatic carbocycles. The van der Waals surface area contributed by atoms with Crippen molar-refractivity contribution < 1.29 is 0 Å². The molecule has 0 aliphatic rings. The van der Waals surface area contributed by atoms with Crippen LogP contribution in [0.2, 0.25) is 0 Å². The zero-order chi connectivity index (χ0) is 10.4. The van der Waals surface area contributed by atoms with Gasteiger partial charge in [-0.1, -0.05) is 34.8 Å². The Kier molecular flexibility index (Phi) is 17.9. The van der Waals surface area contributed by atoms with Gasteiger partial charge in [-0.3, -0.25) is 0 Å². The Bertz CT molecular complexity index is 88.3. The SMILES string of the molecule is Cl.ClC(Cl)C(Cl)Cl.ClCC(Cl)(Cl)Cl. The molecule has 0 nitrogen and oxygen atoms in total. The lowest BCUT2D eigenvalue weighted by atomic mass is 10.9. The van der Waals surface area contributed by atoms with Gasteiger partial charge < -0.3 is 0 Å². The van der Waals surface area contributed by atoms with Crippen LogP contribution in [0.15, 0.2) is 0 Å². The fourth-order valence-electron chi connectivity index (χ4n) is 0. The molecule has 9 heteroatoms. The highest BCUT2D eigenvalue weighted by Crippen LogP contribution is 2.26. The third-order valence-corrected chi connectivity index (χ3v) is 3.08. The molecule has 0 unspecified atom stereocenters. The molecule has 0 radical (unpaired) electrons. The van der Waals surface area contributed by atoms with E-state index >= 15 is 0 Å². The summed E-state index contributed by atoms with van der Waals surface area (Å²) in [5.41, 5.74) is 0. The predicted molar refractivity (Wildman–Crippen MR) is 69.2 cm³/mol. The molecule has 0 aromatic heterocycles. The molecule has 0 N–H and O–H groups in total. The Labute approximate surface area is 123 Å². The van der Waals surface area contributed by atoms with Crippen LogP contribution in [0.5, 0.6) is 0 Å². The van der Waals surface area contributed by atoms with Gasteiger partial charge in [0, 0.05) is 0 Å². The first-order chi connectivity index (χ1) is 5.20. The second kappa shape index (κ2) is 11.1. The van der Waals surface area contributed by atoms with E-state index in [-0.39, 0.29) is 18.3 Å². The Morgan fingerprint density at radius 3 is 1.00 bits per heavy atom. The molecule has 0 aromatic carbocycles. The molecule has 0 saturated heterocycles. The summed E-state index contributed by atoms with van der Waals surface area (Å²) in [4.78, 5) is -1.35. The van der Waals surface area contributed by atoms with E-state index in [0.29, 0.717) is 0 Å². The molecule has 0 aromatic rings. The lowest BCUT2D eigenvalue weighted by Crippen LogP contribution is -2.01. The van der Waals surface area contributed by atoms with E-state index in [0.717, 1.165) is 0 Å². The van der Waals surface area contributed by atoms with Gasteiger partial charge >= 0.3 is 0 Å². The summed E-state index contributed by atoms with van der Waals surface area (Å²) in [6.07, 6.45) is 0. The van der Waals surface area contributed by atoms with E-state index in [2.05, 4.69) is 0 Å². The van der Waals surface area contributed by atoms with E-state index in [1.54, 1.807) is 0 Å². The predicted octanol–water partition coefficient (Wildman–Crippen LogP) is 5.61. The second-order valence-electron chi connectivity index (χ2n) is 1.42. The molecule has 0 aliphatic heterocycles. The topological polar surface area (TPSA) is 0 Å². The van der Waals surface area contributed by atoms with Crippen molar-refractivity contribution in [1.29, 1.82) is 0 Å². The van der Waals surface area contributed by atoms with Gasteiger partial charge in [-0.05, 0) is 0 Å². The lowest BCUT2D eigenvalue weighted by Gasteiger charge is -2.00. The van der Waals surface area contributed by atoms with Crippen molar-refractivity contribution in [2.24, 2.45) is 0 Å². The third kappa shape index (κ3) is 25.2. The van der Waals surface area contributed by atoms with Gasteiger partial charge in [0.05, 0.1) is 5.88 Å². The molecule has 0 rings (SSSR count). The average molecular weight is 372 g/mol. The molecular weight excluding hydrogens is 367 g/mol. The summed E-state index contributed by atoms with van der Waals surface area (Å²) in [6.45, 7) is 0. The van der Waals surface area contributed by atoms with Crippen LogP contribution in [-0.4, -0.2) is 19.3 Å². The Morgan fingerprint density at radius 1 is 0.846 bits per heavy atom. The minimum Gasteiger partial charge on any atom is -0.147 e. The summed E-state index contributed by atoms with van der Waals surface area (Å²) in [5, 5.41) is 0. The van der Waals surface area contributed by atoms with Crippen molar-refractivity contribution in [3.8, 4) is 0 Å². The van der Waals surface area contributed by atoms with Crippen molar-refractivity contribution in [3.05, 3.63) is 0 Å². The van der Waals surface area contributed by atoms with Gasteiger partial charge in [-0.25, -0.2) is 0 Å². The van der Waals surface area contributed by atoms with Crippen molar-refractivity contribution >= 4 is 105 Å². The van der Waals surface area contributed by atoms with E-state index in [9.17, 15) is 0 Å². The van der Waals surface area contributed by atoms with Crippen LogP contribution >= 0.6 is 105 Å². The molecule has 0 saturated carbocycles. The highest BCUT2D eigenvalue weighted by Gasteiger charge is 2.16. The largest absolute Gasteiger partial charge is 0.203 e. The smallest absolute Gasteiger partial charge is 0.147 e. The number of hydrogen-bond acceptors (Lipinski definition) is 0. The van der Waals surface area contributed by atoms with Gasteiger partial charge in [0.15, 0.2) is 0 Å². The van der Waals surface area contributed by atoms with E-state index < -0.39 is 13.5 Å². The fourth-order valence-corrected chi connectivity index (χ4v) is 0. The second-order valence-corrected chi connectivity index (χ2v) is 6.53. The number of hydrogen-bond donors (Lipinski definition) is 0. The van der Waals surface area contributed by atoms with Crippen molar-refractivity contribution in [2.75, 3.05) is 5.88 Å². The normalized spacial score (nSPS) is 10.6. The monoisotopic (exact) mass is 368 g/mol. The first kappa shape index (κ1) is 21.0. The molecular formula is C4H5Cl9. The van der Waals surface area contributed by atoms with Crippen LogP contribution in [0, 0.1) is 0 Å². The standard InChI is InChI=1S/2C2H2Cl4.ClH/c3-1-2(4,5)6;3-1(4)2(5)6;/h1H2;1-2H;1H. The van der Waals surface area contributed by atoms with Crippen LogP contribution in [0.3, 0.4) is 0 Å². The molecule has 13 heavy (non-hydrogen) atoms. The summed E-state index contributed by atoms with van der Waals surface area (Å²) in [6, 6.07) is 0. The van der Waals surface area contributed by atoms with Crippen LogP contribution in [-0.2, 0) is 0 Å². The van der Waals surface area contributed by atoms with Crippen molar-refractivity contribution in [1.82, 2.24) is 0 Å². The number of rotatable bonds is 1. The van der Waals surface area contributed by atoms with Crippen LogP contribution in [0.4, 0.5) is 0 Å². The van der Waals surface area contributed by atoms with E-state index in [1.165, 1.54) is 0 Å². The first-order valence-electron chi connectivity index (χ1n) is 2.39. The Hall–Kier alpha value is 2.61. The molecule has 0 spiro atoms. The molecule has 0 heterocycles. The summed E-state index contributed by atoms with van der Waals surface area (Å²) >= 11 is 40.9. The first-order valence-corrected chi connectivity index (χ1v) is 5.81. The van der Waals surface area contributed by atoms with E-state index in [4.69, 9.17) is 92.8 Å². The zero-order valence-electron chi connectivity index (χ0n) is 5.79. The van der Waals surface area contributed by atoms with Gasteiger partial charge in [-0.15, -0.1) is 70.4 Å². The maximum Gasteiger partial charge on any atom is 0.203 e. The summed E-state index contributed by atoms with van der Waals surface area (Å²) in [7, 11) is 0. The minimum atomic E-state index is -1.28. The Morgan fingerprint density at radius 2 is 1.00 bits per heavy atom. The summed E-state index contributed by atoms with van der Waals surface area (Å²) < 4.78 is -1.28. The van der Waals surface area contributed by atoms with Gasteiger partial charge in [-0.2, -0.15) is 0 Å². The highest BCUT2D eigenvalue weighted by atomic mass is 35.6. The average Bonchev–Trinajstić information content (AvgIpc) is 1.87. The fraction of sp³-hybridized carbons (Fsp3) is 1.00. The molecule has 0 fully saturated rings. The van der Waals surface area contributed by atoms with E-state index in [1.807, 2.05) is 0 Å². The van der Waals surface area contributed by atoms with Gasteiger partial charge in [0.1, 0.15) is 9.67 Å². The molecule has 0 amide bonds. The molecule has 0 atom stereocenters. The van der Waals surface area contributed by atoms with Crippen LogP contribution < -0.4 is 0 Å². The highest BCUT2D eigenvalue weighted by molar-refractivity contribution is 6.69. The maximum absolute atomic E-state index is 5.12. The number of alkyl halides is 8. The Balaban J connectivity index is -0.000000143. The minimum absolute atomic E-state index is 0. The molecule has 84 valence electrons. The van der Waals surface area contributed by atoms with Crippen LogP contribution in [0.25, 0.3) is 0 Å². The van der Waals surface area contributed by atoms with Gasteiger partial charge in [0.25, 0.3) is 0 Å². The maximum atomic E-state index is 5.12. The number of halogens is 9.